The molecule has 0 atom stereocenters. The fraction of sp³-hybridized carbons (Fsp3) is 0.0909. The van der Waals surface area contributed by atoms with E-state index in [-0.39, 0.29) is 0 Å². The molecular formula is C22H21O3PS. The Balaban J connectivity index is 1.94. The molecule has 0 amide bonds. The number of hydrogen-bond acceptors (Lipinski definition) is 4. The van der Waals surface area contributed by atoms with Gasteiger partial charge in [0, 0.05) is 0 Å². The van der Waals surface area contributed by atoms with Crippen LogP contribution in [0, 0.1) is 0 Å². The van der Waals surface area contributed by atoms with E-state index in [9.17, 15) is 0 Å². The molecule has 3 nitrogen and oxygen atoms in total. The van der Waals surface area contributed by atoms with Gasteiger partial charge in [0.2, 0.25) is 0 Å². The van der Waals surface area contributed by atoms with E-state index >= 15 is 0 Å². The van der Waals surface area contributed by atoms with Crippen LogP contribution in [0.15, 0.2) is 91.0 Å². The van der Waals surface area contributed by atoms with Gasteiger partial charge in [-0.15, -0.1) is 0 Å². The summed E-state index contributed by atoms with van der Waals surface area (Å²) < 4.78 is 19.0. The van der Waals surface area contributed by atoms with Crippen LogP contribution >= 0.6 is 17.9 Å². The van der Waals surface area contributed by atoms with Crippen LogP contribution in [0.5, 0.6) is 0 Å². The number of hydrogen-bond donors (Lipinski definition) is 0. The number of benzene rings is 3. The first-order valence-corrected chi connectivity index (χ1v) is 12.1. The summed E-state index contributed by atoms with van der Waals surface area (Å²) >= 11 is 1.56. The maximum absolute atomic E-state index is 6.70. The van der Waals surface area contributed by atoms with Gasteiger partial charge in [-0.05, 0) is 0 Å². The predicted molar refractivity (Wildman–Crippen MR) is 115 cm³/mol. The zero-order valence-electron chi connectivity index (χ0n) is 15.2. The summed E-state index contributed by atoms with van der Waals surface area (Å²) in [6.45, 7) is -3.65. The second-order valence-corrected chi connectivity index (χ2v) is 12.2. The van der Waals surface area contributed by atoms with E-state index in [2.05, 4.69) is 12.1 Å². The van der Waals surface area contributed by atoms with Gasteiger partial charge in [0.25, 0.3) is 0 Å². The quantitative estimate of drug-likeness (QED) is 0.487. The Morgan fingerprint density at radius 3 is 1.67 bits per heavy atom. The van der Waals surface area contributed by atoms with Crippen LogP contribution in [-0.2, 0) is 13.6 Å². The van der Waals surface area contributed by atoms with Crippen LogP contribution in [0.1, 0.15) is 11.1 Å². The SMILES string of the molecule is COP1(OC)(c2ccccc2)OC(c2ccccc2)=C(c2ccccc2)S1. The normalized spacial score (nSPS) is 19.1. The van der Waals surface area contributed by atoms with Gasteiger partial charge in [0.1, 0.15) is 0 Å². The van der Waals surface area contributed by atoms with Crippen molar-refractivity contribution in [2.45, 2.75) is 0 Å². The van der Waals surface area contributed by atoms with E-state index in [0.717, 1.165) is 27.1 Å². The van der Waals surface area contributed by atoms with Crippen molar-refractivity contribution in [3.8, 4) is 0 Å². The fourth-order valence-corrected chi connectivity index (χ4v) is 9.30. The van der Waals surface area contributed by atoms with Crippen molar-refractivity contribution < 1.29 is 13.6 Å². The van der Waals surface area contributed by atoms with Gasteiger partial charge in [-0.1, -0.05) is 0 Å². The van der Waals surface area contributed by atoms with E-state index in [1.54, 1.807) is 25.6 Å². The second-order valence-electron chi connectivity index (χ2n) is 6.09. The van der Waals surface area contributed by atoms with Crippen molar-refractivity contribution in [2.75, 3.05) is 14.2 Å². The van der Waals surface area contributed by atoms with Gasteiger partial charge in [-0.2, -0.15) is 0 Å². The summed E-state index contributed by atoms with van der Waals surface area (Å²) in [7, 11) is 3.33. The van der Waals surface area contributed by atoms with Gasteiger partial charge in [0.15, 0.2) is 0 Å². The molecular weight excluding hydrogens is 375 g/mol. The minimum absolute atomic E-state index is 0.789. The second kappa shape index (κ2) is 7.14. The maximum atomic E-state index is 6.70. The van der Waals surface area contributed by atoms with Gasteiger partial charge in [0.05, 0.1) is 0 Å². The molecule has 0 fully saturated rings. The standard InChI is InChI=1S/C22H21O3PS/c1-23-26(24-2,20-16-10-5-11-17-20)25-21(18-12-6-3-7-13-18)22(27-26)19-14-8-4-9-15-19/h3-17H,1-2H3. The molecule has 27 heavy (non-hydrogen) atoms. The van der Waals surface area contributed by atoms with Gasteiger partial charge >= 0.3 is 164 Å². The van der Waals surface area contributed by atoms with Crippen molar-refractivity contribution in [3.05, 3.63) is 102 Å². The summed E-state index contributed by atoms with van der Waals surface area (Å²) in [4.78, 5) is 1.02. The topological polar surface area (TPSA) is 27.7 Å². The molecule has 4 rings (SSSR count). The molecule has 0 aliphatic carbocycles. The molecule has 1 heterocycles. The van der Waals surface area contributed by atoms with Crippen molar-refractivity contribution in [1.29, 1.82) is 0 Å². The van der Waals surface area contributed by atoms with Crippen LogP contribution < -0.4 is 5.30 Å². The molecule has 0 aromatic heterocycles. The molecule has 0 saturated carbocycles. The number of rotatable bonds is 5. The van der Waals surface area contributed by atoms with E-state index in [1.807, 2.05) is 78.9 Å². The molecule has 138 valence electrons. The predicted octanol–water partition coefficient (Wildman–Crippen LogP) is 6.11. The first-order valence-electron chi connectivity index (χ1n) is 8.66. The summed E-state index contributed by atoms with van der Waals surface area (Å²) in [6, 6.07) is 30.3. The average Bonchev–Trinajstić information content (AvgIpc) is 3.14. The summed E-state index contributed by atoms with van der Waals surface area (Å²) in [5.74, 6) is 0.789. The average molecular weight is 396 g/mol. The van der Waals surface area contributed by atoms with Crippen LogP contribution in [-0.4, -0.2) is 14.2 Å². The first-order chi connectivity index (χ1) is 13.2. The third-order valence-electron chi connectivity index (χ3n) is 4.58. The Bertz CT molecular complexity index is 899. The molecule has 3 aromatic carbocycles. The van der Waals surface area contributed by atoms with Crippen molar-refractivity contribution >= 4 is 33.8 Å². The summed E-state index contributed by atoms with van der Waals surface area (Å²) in [5, 5.41) is 0.915. The van der Waals surface area contributed by atoms with Gasteiger partial charge in [-0.25, -0.2) is 0 Å². The molecule has 0 bridgehead atoms. The Kier molecular flexibility index (Phi) is 4.83. The molecule has 1 aliphatic rings. The Morgan fingerprint density at radius 1 is 0.667 bits per heavy atom. The minimum atomic E-state index is -3.65. The molecule has 0 spiro atoms. The van der Waals surface area contributed by atoms with Crippen molar-refractivity contribution in [3.63, 3.8) is 0 Å². The van der Waals surface area contributed by atoms with Crippen molar-refractivity contribution in [2.24, 2.45) is 0 Å². The van der Waals surface area contributed by atoms with E-state index in [4.69, 9.17) is 13.6 Å². The first kappa shape index (κ1) is 18.3. The summed E-state index contributed by atoms with van der Waals surface area (Å²) in [6.07, 6.45) is 0. The Morgan fingerprint density at radius 2 is 1.15 bits per heavy atom. The Labute approximate surface area is 163 Å². The van der Waals surface area contributed by atoms with E-state index in [0.29, 0.717) is 0 Å². The third-order valence-corrected chi connectivity index (χ3v) is 11.6. The Hall–Kier alpha value is -2.10. The van der Waals surface area contributed by atoms with E-state index in [1.165, 1.54) is 0 Å². The third kappa shape index (κ3) is 2.99. The van der Waals surface area contributed by atoms with Gasteiger partial charge < -0.3 is 0 Å². The molecule has 0 N–H and O–H groups in total. The van der Waals surface area contributed by atoms with E-state index < -0.39 is 6.49 Å². The molecule has 0 radical (unpaired) electrons. The molecule has 5 heteroatoms. The van der Waals surface area contributed by atoms with Crippen LogP contribution in [0.4, 0.5) is 0 Å². The van der Waals surface area contributed by atoms with Crippen LogP contribution in [0.3, 0.4) is 0 Å². The fourth-order valence-electron chi connectivity index (χ4n) is 3.17. The van der Waals surface area contributed by atoms with Gasteiger partial charge in [-0.3, -0.25) is 0 Å². The molecule has 0 unspecified atom stereocenters. The van der Waals surface area contributed by atoms with Crippen LogP contribution in [0.25, 0.3) is 10.7 Å². The van der Waals surface area contributed by atoms with Crippen LogP contribution in [0.2, 0.25) is 0 Å². The summed E-state index contributed by atoms with van der Waals surface area (Å²) in [5.41, 5.74) is 2.08. The molecule has 0 saturated heterocycles. The molecule has 3 aromatic rings. The zero-order chi connectivity index (χ0) is 18.8. The monoisotopic (exact) mass is 396 g/mol. The zero-order valence-corrected chi connectivity index (χ0v) is 17.0. The van der Waals surface area contributed by atoms with Crippen molar-refractivity contribution in [1.82, 2.24) is 0 Å². The molecule has 1 aliphatic heterocycles.